The minimum Gasteiger partial charge on any atom is -0.261 e. The average Bonchev–Trinajstić information content (AvgIpc) is 2.39. The summed E-state index contributed by atoms with van der Waals surface area (Å²) >= 11 is 0. The third-order valence-corrected chi connectivity index (χ3v) is 2.90. The van der Waals surface area contributed by atoms with Gasteiger partial charge in [0.25, 0.3) is 0 Å². The zero-order valence-electron chi connectivity index (χ0n) is 11.3. The Balaban J connectivity index is 2.25. The van der Waals surface area contributed by atoms with Crippen molar-refractivity contribution in [1.82, 2.24) is 9.97 Å². The predicted molar refractivity (Wildman–Crippen MR) is 75.4 cm³/mol. The summed E-state index contributed by atoms with van der Waals surface area (Å²) in [4.78, 5) is 8.14. The van der Waals surface area contributed by atoms with Crippen LogP contribution >= 0.6 is 0 Å². The maximum atomic E-state index is 8.47. The molecule has 4 nitrogen and oxygen atoms in total. The van der Waals surface area contributed by atoms with Crippen molar-refractivity contribution in [2.45, 2.75) is 26.2 Å². The molecule has 19 heavy (non-hydrogen) atoms. The van der Waals surface area contributed by atoms with Gasteiger partial charge in [-0.25, -0.2) is 9.97 Å². The van der Waals surface area contributed by atoms with E-state index < -0.39 is 0 Å². The van der Waals surface area contributed by atoms with Crippen LogP contribution in [-0.4, -0.2) is 9.97 Å². The number of nitrogens with zero attached hydrogens (tertiary/aromatic N) is 3. The molecule has 0 aliphatic rings. The first-order valence-electron chi connectivity index (χ1n) is 6.09. The summed E-state index contributed by atoms with van der Waals surface area (Å²) in [7, 11) is 0. The smallest absolute Gasteiger partial charge is 0.236 e. The Morgan fingerprint density at radius 3 is 2.05 bits per heavy atom. The van der Waals surface area contributed by atoms with E-state index in [2.05, 4.69) is 60.3 Å². The van der Waals surface area contributed by atoms with Crippen molar-refractivity contribution in [1.29, 1.82) is 5.26 Å². The van der Waals surface area contributed by atoms with Crippen molar-refractivity contribution in [3.8, 4) is 17.3 Å². The topological polar surface area (TPSA) is 61.6 Å². The summed E-state index contributed by atoms with van der Waals surface area (Å²) in [5.74, 6) is 0.317. The lowest BCUT2D eigenvalue weighted by atomic mass is 9.86. The normalized spacial score (nSPS) is 10.8. The number of rotatable bonds is 2. The third kappa shape index (κ3) is 3.08. The second-order valence-corrected chi connectivity index (χ2v) is 5.36. The molecule has 1 heterocycles. The first-order chi connectivity index (χ1) is 9.00. The summed E-state index contributed by atoms with van der Waals surface area (Å²) in [5.41, 5.74) is 3.44. The Hall–Kier alpha value is -2.41. The number of hydrogen-bond acceptors (Lipinski definition) is 4. The molecule has 0 aliphatic heterocycles. The summed E-state index contributed by atoms with van der Waals surface area (Å²) < 4.78 is 0. The van der Waals surface area contributed by atoms with E-state index >= 15 is 0 Å². The number of anilines is 1. The van der Waals surface area contributed by atoms with Gasteiger partial charge in [-0.05, 0) is 16.5 Å². The molecular formula is C15H16N4. The average molecular weight is 252 g/mol. The van der Waals surface area contributed by atoms with Crippen LogP contribution in [-0.2, 0) is 5.41 Å². The summed E-state index contributed by atoms with van der Waals surface area (Å²) in [6, 6.07) is 8.38. The molecular weight excluding hydrogens is 236 g/mol. The molecule has 0 saturated carbocycles. The summed E-state index contributed by atoms with van der Waals surface area (Å²) in [6.07, 6.45) is 5.21. The van der Waals surface area contributed by atoms with Crippen LogP contribution < -0.4 is 5.32 Å². The van der Waals surface area contributed by atoms with E-state index in [1.165, 1.54) is 5.56 Å². The van der Waals surface area contributed by atoms with E-state index in [9.17, 15) is 0 Å². The van der Waals surface area contributed by atoms with Crippen LogP contribution in [0, 0.1) is 11.5 Å². The molecule has 1 N–H and O–H groups in total. The largest absolute Gasteiger partial charge is 0.261 e. The number of nitrogens with one attached hydrogen (secondary N) is 1. The van der Waals surface area contributed by atoms with E-state index in [0.717, 1.165) is 11.1 Å². The molecule has 96 valence electrons. The van der Waals surface area contributed by atoms with Gasteiger partial charge >= 0.3 is 0 Å². The van der Waals surface area contributed by atoms with Crippen LogP contribution in [0.2, 0.25) is 0 Å². The fraction of sp³-hybridized carbons (Fsp3) is 0.267. The van der Waals surface area contributed by atoms with E-state index in [0.29, 0.717) is 5.95 Å². The molecule has 0 aliphatic carbocycles. The van der Waals surface area contributed by atoms with Crippen LogP contribution in [0.1, 0.15) is 26.3 Å². The van der Waals surface area contributed by atoms with Gasteiger partial charge in [0.05, 0.1) is 0 Å². The number of benzene rings is 1. The molecule has 2 aromatic rings. The van der Waals surface area contributed by atoms with Gasteiger partial charge in [0, 0.05) is 18.0 Å². The highest BCUT2D eigenvalue weighted by Gasteiger charge is 2.13. The van der Waals surface area contributed by atoms with Crippen molar-refractivity contribution < 1.29 is 0 Å². The molecule has 0 bridgehead atoms. The van der Waals surface area contributed by atoms with Gasteiger partial charge in [0.15, 0.2) is 6.19 Å². The maximum absolute atomic E-state index is 8.47. The van der Waals surface area contributed by atoms with Crippen LogP contribution in [0.25, 0.3) is 11.1 Å². The molecule has 1 aromatic carbocycles. The Bertz CT molecular complexity index is 586. The highest BCUT2D eigenvalue weighted by molar-refractivity contribution is 5.62. The van der Waals surface area contributed by atoms with Crippen molar-refractivity contribution in [3.63, 3.8) is 0 Å². The number of hydrogen-bond donors (Lipinski definition) is 1. The van der Waals surface area contributed by atoms with Crippen molar-refractivity contribution in [2.75, 3.05) is 5.32 Å². The van der Waals surface area contributed by atoms with Crippen LogP contribution in [0.5, 0.6) is 0 Å². The first kappa shape index (κ1) is 13.0. The van der Waals surface area contributed by atoms with Gasteiger partial charge in [-0.1, -0.05) is 45.0 Å². The van der Waals surface area contributed by atoms with Crippen molar-refractivity contribution in [3.05, 3.63) is 42.2 Å². The zero-order valence-corrected chi connectivity index (χ0v) is 11.3. The van der Waals surface area contributed by atoms with Gasteiger partial charge in [0.1, 0.15) is 0 Å². The Kier molecular flexibility index (Phi) is 3.48. The number of aromatic nitrogens is 2. The lowest BCUT2D eigenvalue weighted by Crippen LogP contribution is -2.10. The monoisotopic (exact) mass is 252 g/mol. The quantitative estimate of drug-likeness (QED) is 0.657. The van der Waals surface area contributed by atoms with Gasteiger partial charge in [-0.3, -0.25) is 5.32 Å². The predicted octanol–water partition coefficient (Wildman–Crippen LogP) is 3.33. The molecule has 2 rings (SSSR count). The van der Waals surface area contributed by atoms with E-state index in [1.54, 1.807) is 18.6 Å². The van der Waals surface area contributed by atoms with Crippen LogP contribution in [0.4, 0.5) is 5.95 Å². The standard InChI is InChI=1S/C15H16N4/c1-15(2,3)13-6-4-11(5-7-13)12-8-17-14(18-9-12)19-10-16/h4-9H,1-3H3,(H,17,18,19). The summed E-state index contributed by atoms with van der Waals surface area (Å²) in [6.45, 7) is 6.56. The van der Waals surface area contributed by atoms with Crippen molar-refractivity contribution >= 4 is 5.95 Å². The van der Waals surface area contributed by atoms with E-state index in [1.807, 2.05) is 0 Å². The molecule has 0 atom stereocenters. The van der Waals surface area contributed by atoms with Gasteiger partial charge in [-0.15, -0.1) is 0 Å². The van der Waals surface area contributed by atoms with Gasteiger partial charge < -0.3 is 0 Å². The molecule has 0 amide bonds. The zero-order chi connectivity index (χ0) is 13.9. The molecule has 0 radical (unpaired) electrons. The molecule has 1 aromatic heterocycles. The molecule has 0 fully saturated rings. The molecule has 0 unspecified atom stereocenters. The highest BCUT2D eigenvalue weighted by atomic mass is 15.1. The minimum atomic E-state index is 0.148. The Labute approximate surface area is 113 Å². The first-order valence-corrected chi connectivity index (χ1v) is 6.09. The maximum Gasteiger partial charge on any atom is 0.236 e. The highest BCUT2D eigenvalue weighted by Crippen LogP contribution is 2.25. The van der Waals surface area contributed by atoms with E-state index in [-0.39, 0.29) is 5.41 Å². The molecule has 4 heteroatoms. The van der Waals surface area contributed by atoms with Crippen molar-refractivity contribution in [2.24, 2.45) is 0 Å². The fourth-order valence-corrected chi connectivity index (χ4v) is 1.75. The lowest BCUT2D eigenvalue weighted by molar-refractivity contribution is 0.590. The second-order valence-electron chi connectivity index (χ2n) is 5.36. The molecule has 0 spiro atoms. The fourth-order valence-electron chi connectivity index (χ4n) is 1.75. The Morgan fingerprint density at radius 2 is 1.58 bits per heavy atom. The second kappa shape index (κ2) is 5.07. The van der Waals surface area contributed by atoms with Crippen LogP contribution in [0.3, 0.4) is 0 Å². The van der Waals surface area contributed by atoms with E-state index in [4.69, 9.17) is 5.26 Å². The minimum absolute atomic E-state index is 0.148. The van der Waals surface area contributed by atoms with Gasteiger partial charge in [0.2, 0.25) is 5.95 Å². The lowest BCUT2D eigenvalue weighted by Gasteiger charge is -2.19. The van der Waals surface area contributed by atoms with Crippen LogP contribution in [0.15, 0.2) is 36.7 Å². The summed E-state index contributed by atoms with van der Waals surface area (Å²) in [5, 5.41) is 10.9. The SMILES string of the molecule is CC(C)(C)c1ccc(-c2cnc(NC#N)nc2)cc1. The molecule has 0 saturated heterocycles. The third-order valence-electron chi connectivity index (χ3n) is 2.90. The Morgan fingerprint density at radius 1 is 1.00 bits per heavy atom. The number of nitriles is 1. The van der Waals surface area contributed by atoms with Gasteiger partial charge in [-0.2, -0.15) is 5.26 Å².